The van der Waals surface area contributed by atoms with Crippen LogP contribution >= 0.6 is 11.3 Å². The summed E-state index contributed by atoms with van der Waals surface area (Å²) in [5.74, 6) is -0.625. The zero-order valence-corrected chi connectivity index (χ0v) is 14.3. The van der Waals surface area contributed by atoms with Gasteiger partial charge in [0.15, 0.2) is 11.5 Å². The molecular weight excluding hydrogens is 371 g/mol. The van der Waals surface area contributed by atoms with Crippen molar-refractivity contribution in [2.24, 2.45) is 0 Å². The number of carbonyl (C=O) groups excluding carboxylic acids is 1. The first kappa shape index (κ1) is 18.3. The minimum absolute atomic E-state index is 0.130. The molecule has 0 aliphatic rings. The number of pyridine rings is 1. The Hall–Kier alpha value is -2.53. The van der Waals surface area contributed by atoms with E-state index in [0.717, 1.165) is 0 Å². The first-order valence-electron chi connectivity index (χ1n) is 7.48. The Labute approximate surface area is 149 Å². The van der Waals surface area contributed by atoms with Gasteiger partial charge in [-0.25, -0.2) is 4.98 Å². The number of hydrogen-bond acceptors (Lipinski definition) is 6. The van der Waals surface area contributed by atoms with E-state index in [1.165, 1.54) is 12.3 Å². The summed E-state index contributed by atoms with van der Waals surface area (Å²) < 4.78 is 41.8. The Morgan fingerprint density at radius 3 is 2.77 bits per heavy atom. The molecule has 0 aliphatic heterocycles. The lowest BCUT2D eigenvalue weighted by Crippen LogP contribution is -2.46. The molecule has 7 nitrogen and oxygen atoms in total. The summed E-state index contributed by atoms with van der Waals surface area (Å²) in [6.45, 7) is 1.38. The van der Waals surface area contributed by atoms with Gasteiger partial charge in [-0.15, -0.1) is 21.5 Å². The molecule has 0 aromatic carbocycles. The van der Waals surface area contributed by atoms with Gasteiger partial charge in [0.05, 0.1) is 13.0 Å². The van der Waals surface area contributed by atoms with Crippen LogP contribution in [0.25, 0.3) is 5.65 Å². The molecular formula is C15H14F3N5O2S. The first-order valence-corrected chi connectivity index (χ1v) is 8.36. The van der Waals surface area contributed by atoms with Crippen molar-refractivity contribution >= 4 is 22.9 Å². The van der Waals surface area contributed by atoms with Crippen LogP contribution in [0.3, 0.4) is 0 Å². The number of aliphatic hydroxyl groups is 1. The van der Waals surface area contributed by atoms with Crippen LogP contribution in [-0.2, 0) is 16.9 Å². The van der Waals surface area contributed by atoms with Crippen molar-refractivity contribution in [2.75, 3.05) is 0 Å². The summed E-state index contributed by atoms with van der Waals surface area (Å²) in [4.78, 5) is 15.8. The van der Waals surface area contributed by atoms with Gasteiger partial charge >= 0.3 is 6.18 Å². The van der Waals surface area contributed by atoms with Gasteiger partial charge in [-0.3, -0.25) is 9.20 Å². The number of nitrogens with zero attached hydrogens (tertiary/aromatic N) is 4. The fraction of sp³-hybridized carbons (Fsp3) is 0.333. The molecule has 26 heavy (non-hydrogen) atoms. The number of rotatable bonds is 5. The maximum Gasteiger partial charge on any atom is 0.424 e. The van der Waals surface area contributed by atoms with Gasteiger partial charge in [0, 0.05) is 17.3 Å². The average molecular weight is 385 g/mol. The molecule has 3 aromatic heterocycles. The number of aromatic nitrogens is 4. The number of aryl methyl sites for hydroxylation is 1. The molecule has 1 atom stereocenters. The van der Waals surface area contributed by atoms with Gasteiger partial charge in [-0.05, 0) is 19.1 Å². The second-order valence-electron chi connectivity index (χ2n) is 5.65. The minimum Gasteiger partial charge on any atom is -0.374 e. The number of hydrogen-bond donors (Lipinski definition) is 2. The van der Waals surface area contributed by atoms with Crippen molar-refractivity contribution in [1.29, 1.82) is 0 Å². The maximum absolute atomic E-state index is 13.4. The van der Waals surface area contributed by atoms with Crippen molar-refractivity contribution < 1.29 is 23.1 Å². The van der Waals surface area contributed by atoms with E-state index in [-0.39, 0.29) is 6.54 Å². The van der Waals surface area contributed by atoms with E-state index in [0.29, 0.717) is 28.5 Å². The molecule has 3 heterocycles. The van der Waals surface area contributed by atoms with Crippen LogP contribution in [0.2, 0.25) is 0 Å². The van der Waals surface area contributed by atoms with Crippen molar-refractivity contribution in [2.45, 2.75) is 31.7 Å². The van der Waals surface area contributed by atoms with Crippen LogP contribution in [0.4, 0.5) is 13.2 Å². The Balaban J connectivity index is 1.74. The minimum atomic E-state index is -5.05. The van der Waals surface area contributed by atoms with E-state index < -0.39 is 29.1 Å². The maximum atomic E-state index is 13.4. The van der Waals surface area contributed by atoms with Crippen molar-refractivity contribution in [3.63, 3.8) is 0 Å². The number of alkyl halides is 3. The van der Waals surface area contributed by atoms with Gasteiger partial charge in [0.25, 0.3) is 0 Å². The molecule has 0 bridgehead atoms. The molecule has 3 rings (SSSR count). The quantitative estimate of drug-likeness (QED) is 0.700. The highest BCUT2D eigenvalue weighted by atomic mass is 32.1. The highest BCUT2D eigenvalue weighted by molar-refractivity contribution is 7.09. The van der Waals surface area contributed by atoms with Crippen molar-refractivity contribution in [3.8, 4) is 0 Å². The van der Waals surface area contributed by atoms with Gasteiger partial charge in [-0.2, -0.15) is 13.2 Å². The molecule has 138 valence electrons. The molecule has 0 spiro atoms. The number of fused-ring (bicyclic) bond motifs is 1. The van der Waals surface area contributed by atoms with Crippen LogP contribution in [-0.4, -0.2) is 36.8 Å². The van der Waals surface area contributed by atoms with Crippen LogP contribution in [0, 0.1) is 6.92 Å². The van der Waals surface area contributed by atoms with Gasteiger partial charge in [-0.1, -0.05) is 6.07 Å². The van der Waals surface area contributed by atoms with Crippen LogP contribution in [0.1, 0.15) is 22.9 Å². The standard InChI is InChI=1S/C15H14F3N5O2S/c1-9-8-26-13(20-9)14(25,15(16,17)18)6-12(24)19-7-11-22-21-10-4-2-3-5-23(10)11/h2-5,8,25H,6-7H2,1H3,(H,19,24). The monoisotopic (exact) mass is 385 g/mol. The predicted octanol–water partition coefficient (Wildman–Crippen LogP) is 1.95. The third-order valence-corrected chi connectivity index (χ3v) is 4.80. The normalized spacial score (nSPS) is 14.3. The summed E-state index contributed by atoms with van der Waals surface area (Å²) in [5, 5.41) is 21.1. The SMILES string of the molecule is Cc1csc(C(O)(CC(=O)NCc2nnc3ccccn23)C(F)(F)F)n1. The number of nitrogens with one attached hydrogen (secondary N) is 1. The van der Waals surface area contributed by atoms with Crippen molar-refractivity contribution in [1.82, 2.24) is 24.9 Å². The average Bonchev–Trinajstić information content (AvgIpc) is 3.18. The zero-order chi connectivity index (χ0) is 18.9. The molecule has 0 aliphatic carbocycles. The lowest BCUT2D eigenvalue weighted by Gasteiger charge is -2.27. The smallest absolute Gasteiger partial charge is 0.374 e. The van der Waals surface area contributed by atoms with E-state index >= 15 is 0 Å². The summed E-state index contributed by atoms with van der Waals surface area (Å²) >= 11 is 0.655. The lowest BCUT2D eigenvalue weighted by molar-refractivity contribution is -0.267. The van der Waals surface area contributed by atoms with Crippen LogP contribution in [0.15, 0.2) is 29.8 Å². The lowest BCUT2D eigenvalue weighted by atomic mass is 9.99. The zero-order valence-electron chi connectivity index (χ0n) is 13.5. The number of thiazole rings is 1. The third kappa shape index (κ3) is 3.40. The summed E-state index contributed by atoms with van der Waals surface area (Å²) in [5.41, 5.74) is -2.46. The Kier molecular flexibility index (Phi) is 4.67. The molecule has 0 saturated carbocycles. The molecule has 1 amide bonds. The largest absolute Gasteiger partial charge is 0.424 e. The first-order chi connectivity index (χ1) is 12.2. The molecule has 0 radical (unpaired) electrons. The van der Waals surface area contributed by atoms with Crippen LogP contribution in [0.5, 0.6) is 0 Å². The Morgan fingerprint density at radius 1 is 1.35 bits per heavy atom. The summed E-state index contributed by atoms with van der Waals surface area (Å²) in [6, 6.07) is 5.19. The van der Waals surface area contributed by atoms with E-state index in [9.17, 15) is 23.1 Å². The molecule has 3 aromatic rings. The van der Waals surface area contributed by atoms with E-state index in [1.54, 1.807) is 28.8 Å². The summed E-state index contributed by atoms with van der Waals surface area (Å²) in [6.07, 6.45) is -4.57. The molecule has 11 heteroatoms. The fourth-order valence-electron chi connectivity index (χ4n) is 2.32. The number of carbonyl (C=O) groups is 1. The topological polar surface area (TPSA) is 92.4 Å². The highest BCUT2D eigenvalue weighted by Crippen LogP contribution is 2.42. The molecule has 1 unspecified atom stereocenters. The second-order valence-corrected chi connectivity index (χ2v) is 6.51. The number of amides is 1. The summed E-state index contributed by atoms with van der Waals surface area (Å²) in [7, 11) is 0. The fourth-order valence-corrected chi connectivity index (χ4v) is 3.24. The third-order valence-electron chi connectivity index (χ3n) is 3.69. The molecule has 2 N–H and O–H groups in total. The second kappa shape index (κ2) is 6.65. The van der Waals surface area contributed by atoms with Gasteiger partial charge < -0.3 is 10.4 Å². The van der Waals surface area contributed by atoms with E-state index in [4.69, 9.17) is 0 Å². The molecule has 0 fully saturated rings. The van der Waals surface area contributed by atoms with E-state index in [2.05, 4.69) is 20.5 Å². The van der Waals surface area contributed by atoms with Gasteiger partial charge in [0.1, 0.15) is 5.01 Å². The highest BCUT2D eigenvalue weighted by Gasteiger charge is 2.58. The van der Waals surface area contributed by atoms with Crippen LogP contribution < -0.4 is 5.32 Å². The van der Waals surface area contributed by atoms with E-state index in [1.807, 2.05) is 0 Å². The number of halogens is 3. The predicted molar refractivity (Wildman–Crippen MR) is 86.3 cm³/mol. The van der Waals surface area contributed by atoms with Gasteiger partial charge in [0.2, 0.25) is 11.5 Å². The Morgan fingerprint density at radius 2 is 2.12 bits per heavy atom. The van der Waals surface area contributed by atoms with Crippen molar-refractivity contribution in [3.05, 3.63) is 46.3 Å². The Bertz CT molecular complexity index is 939. The molecule has 0 saturated heterocycles.